The second-order valence-corrected chi connectivity index (χ2v) is 8.64. The fraction of sp³-hybridized carbons (Fsp3) is 0.400. The first kappa shape index (κ1) is 24.4. The van der Waals surface area contributed by atoms with Crippen molar-refractivity contribution in [2.45, 2.75) is 11.8 Å². The molecule has 0 unspecified atom stereocenters. The Labute approximate surface area is 195 Å². The van der Waals surface area contributed by atoms with E-state index in [1.54, 1.807) is 19.3 Å². The number of pyridine rings is 1. The maximum atomic E-state index is 12.2. The predicted octanol–water partition coefficient (Wildman–Crippen LogP) is 1.68. The molecule has 1 aliphatic rings. The number of anilines is 1. The molecule has 3 rings (SSSR count). The van der Waals surface area contributed by atoms with Gasteiger partial charge >= 0.3 is 0 Å². The number of rotatable bonds is 6. The zero-order valence-corrected chi connectivity index (χ0v) is 20.4. The van der Waals surface area contributed by atoms with Gasteiger partial charge in [-0.25, -0.2) is 13.1 Å². The van der Waals surface area contributed by atoms with Gasteiger partial charge in [-0.3, -0.25) is 9.98 Å². The number of aromatic nitrogens is 1. The second kappa shape index (κ2) is 11.5. The largest absolute Gasteiger partial charge is 0.368 e. The molecule has 0 amide bonds. The van der Waals surface area contributed by atoms with Crippen molar-refractivity contribution in [1.82, 2.24) is 19.9 Å². The molecular weight excluding hydrogens is 515 g/mol. The fourth-order valence-corrected chi connectivity index (χ4v) is 4.28. The third-order valence-corrected chi connectivity index (χ3v) is 6.25. The van der Waals surface area contributed by atoms with Crippen LogP contribution in [0.5, 0.6) is 0 Å². The van der Waals surface area contributed by atoms with E-state index >= 15 is 0 Å². The number of guanidine groups is 1. The van der Waals surface area contributed by atoms with Crippen molar-refractivity contribution in [3.63, 3.8) is 0 Å². The van der Waals surface area contributed by atoms with E-state index in [9.17, 15) is 8.42 Å². The molecule has 1 aromatic heterocycles. The molecule has 30 heavy (non-hydrogen) atoms. The van der Waals surface area contributed by atoms with Gasteiger partial charge in [0.05, 0.1) is 0 Å². The van der Waals surface area contributed by atoms with Crippen molar-refractivity contribution in [3.05, 3.63) is 54.4 Å². The maximum Gasteiger partial charge on any atom is 0.242 e. The van der Waals surface area contributed by atoms with Gasteiger partial charge in [0.15, 0.2) is 5.96 Å². The third kappa shape index (κ3) is 6.54. The second-order valence-electron chi connectivity index (χ2n) is 6.87. The van der Waals surface area contributed by atoms with Crippen molar-refractivity contribution >= 4 is 45.6 Å². The zero-order valence-electron chi connectivity index (χ0n) is 17.3. The third-order valence-electron chi connectivity index (χ3n) is 4.80. The molecule has 2 heterocycles. The van der Waals surface area contributed by atoms with Crippen LogP contribution in [0.15, 0.2) is 58.7 Å². The smallest absolute Gasteiger partial charge is 0.242 e. The summed E-state index contributed by atoms with van der Waals surface area (Å²) < 4.78 is 27.0. The Bertz CT molecular complexity index is 931. The minimum absolute atomic E-state index is 0. The van der Waals surface area contributed by atoms with Gasteiger partial charge in [0.25, 0.3) is 0 Å². The summed E-state index contributed by atoms with van der Waals surface area (Å²) in [7, 11) is -1.80. The van der Waals surface area contributed by atoms with Gasteiger partial charge in [-0.1, -0.05) is 12.1 Å². The van der Waals surface area contributed by atoms with Crippen LogP contribution >= 0.6 is 24.0 Å². The molecule has 2 aromatic rings. The number of nitrogens with one attached hydrogen (secondary N) is 2. The summed E-state index contributed by atoms with van der Waals surface area (Å²) in [6, 6.07) is 11.7. The molecule has 0 atom stereocenters. The van der Waals surface area contributed by atoms with E-state index in [0.29, 0.717) is 6.54 Å². The van der Waals surface area contributed by atoms with Crippen LogP contribution < -0.4 is 14.9 Å². The first-order chi connectivity index (χ1) is 14.0. The van der Waals surface area contributed by atoms with Crippen molar-refractivity contribution in [2.24, 2.45) is 4.99 Å². The van der Waals surface area contributed by atoms with Crippen LogP contribution in [0.1, 0.15) is 5.56 Å². The highest BCUT2D eigenvalue weighted by Crippen LogP contribution is 2.17. The Morgan fingerprint density at radius 1 is 1.13 bits per heavy atom. The summed E-state index contributed by atoms with van der Waals surface area (Å²) in [6.45, 7) is 6.36. The lowest BCUT2D eigenvalue weighted by Gasteiger charge is -2.37. The van der Waals surface area contributed by atoms with Crippen LogP contribution in [0.25, 0.3) is 0 Å². The van der Waals surface area contributed by atoms with Crippen LogP contribution in [-0.2, 0) is 10.0 Å². The van der Waals surface area contributed by atoms with Crippen molar-refractivity contribution < 1.29 is 8.42 Å². The van der Waals surface area contributed by atoms with E-state index in [4.69, 9.17) is 0 Å². The van der Waals surface area contributed by atoms with Crippen LogP contribution in [0, 0.1) is 6.92 Å². The van der Waals surface area contributed by atoms with Crippen LogP contribution in [-0.4, -0.2) is 70.6 Å². The Balaban J connectivity index is 0.00000320. The average Bonchev–Trinajstić information content (AvgIpc) is 2.75. The van der Waals surface area contributed by atoms with Gasteiger partial charge < -0.3 is 15.1 Å². The van der Waals surface area contributed by atoms with Crippen LogP contribution in [0.2, 0.25) is 0 Å². The quantitative estimate of drug-likeness (QED) is 0.249. The Morgan fingerprint density at radius 3 is 2.53 bits per heavy atom. The molecule has 10 heteroatoms. The Hall–Kier alpha value is -1.92. The number of halogens is 1. The molecule has 2 N–H and O–H groups in total. The fourth-order valence-electron chi connectivity index (χ4n) is 3.28. The molecule has 0 saturated carbocycles. The minimum atomic E-state index is -3.54. The lowest BCUT2D eigenvalue weighted by molar-refractivity contribution is 0.373. The van der Waals surface area contributed by atoms with E-state index in [2.05, 4.69) is 61.0 Å². The van der Waals surface area contributed by atoms with Crippen molar-refractivity contribution in [1.29, 1.82) is 0 Å². The molecule has 164 valence electrons. The first-order valence-corrected chi connectivity index (χ1v) is 11.1. The molecule has 0 bridgehead atoms. The standard InChI is InChI=1S/C20H28N6O2S.HI/c1-17-5-3-6-18(15-17)25-11-13-26(14-12-25)20(21-2)23-9-10-24-29(27,28)19-7-4-8-22-16-19;/h3-8,15-16,24H,9-14H2,1-2H3,(H,21,23);1H. The van der Waals surface area contributed by atoms with Crippen molar-refractivity contribution in [3.8, 4) is 0 Å². The molecule has 0 radical (unpaired) electrons. The van der Waals surface area contributed by atoms with Gasteiger partial charge in [-0.15, -0.1) is 24.0 Å². The number of benzene rings is 1. The number of aliphatic imine (C=N–C) groups is 1. The summed E-state index contributed by atoms with van der Waals surface area (Å²) in [5.41, 5.74) is 2.51. The number of aryl methyl sites for hydroxylation is 1. The lowest BCUT2D eigenvalue weighted by atomic mass is 10.2. The van der Waals surface area contributed by atoms with E-state index in [-0.39, 0.29) is 35.4 Å². The lowest BCUT2D eigenvalue weighted by Crippen LogP contribution is -2.53. The molecule has 1 fully saturated rings. The highest BCUT2D eigenvalue weighted by atomic mass is 127. The van der Waals surface area contributed by atoms with Crippen LogP contribution in [0.3, 0.4) is 0 Å². The van der Waals surface area contributed by atoms with Gasteiger partial charge in [0.1, 0.15) is 4.90 Å². The number of nitrogens with zero attached hydrogens (tertiary/aromatic N) is 4. The summed E-state index contributed by atoms with van der Waals surface area (Å²) in [5, 5.41) is 3.24. The highest BCUT2D eigenvalue weighted by molar-refractivity contribution is 14.0. The topological polar surface area (TPSA) is 89.9 Å². The monoisotopic (exact) mass is 544 g/mol. The zero-order chi connectivity index (χ0) is 20.7. The molecule has 1 aromatic carbocycles. The maximum absolute atomic E-state index is 12.2. The van der Waals surface area contributed by atoms with Gasteiger partial charge in [0.2, 0.25) is 10.0 Å². The van der Waals surface area contributed by atoms with Gasteiger partial charge in [0, 0.05) is 64.4 Å². The Morgan fingerprint density at radius 2 is 1.90 bits per heavy atom. The van der Waals surface area contributed by atoms with Gasteiger partial charge in [-0.2, -0.15) is 0 Å². The van der Waals surface area contributed by atoms with E-state index in [0.717, 1.165) is 32.1 Å². The predicted molar refractivity (Wildman–Crippen MR) is 131 cm³/mol. The number of sulfonamides is 1. The first-order valence-electron chi connectivity index (χ1n) is 9.66. The molecular formula is C20H29IN6O2S. The average molecular weight is 544 g/mol. The van der Waals surface area contributed by atoms with Crippen molar-refractivity contribution in [2.75, 3.05) is 51.2 Å². The minimum Gasteiger partial charge on any atom is -0.368 e. The normalized spacial score (nSPS) is 14.9. The molecule has 8 nitrogen and oxygen atoms in total. The van der Waals surface area contributed by atoms with Crippen LogP contribution in [0.4, 0.5) is 5.69 Å². The summed E-state index contributed by atoms with van der Waals surface area (Å²) >= 11 is 0. The van der Waals surface area contributed by atoms with E-state index in [1.807, 2.05) is 0 Å². The Kier molecular flexibility index (Phi) is 9.31. The summed E-state index contributed by atoms with van der Waals surface area (Å²) in [6.07, 6.45) is 2.88. The number of hydrogen-bond acceptors (Lipinski definition) is 5. The molecule has 0 aliphatic carbocycles. The molecule has 1 saturated heterocycles. The summed E-state index contributed by atoms with van der Waals surface area (Å²) in [5.74, 6) is 0.787. The van der Waals surface area contributed by atoms with E-state index < -0.39 is 10.0 Å². The SMILES string of the molecule is CN=C(NCCNS(=O)(=O)c1cccnc1)N1CCN(c2cccc(C)c2)CC1.I. The number of piperazine rings is 1. The summed E-state index contributed by atoms with van der Waals surface area (Å²) in [4.78, 5) is 12.9. The molecule has 0 spiro atoms. The number of hydrogen-bond donors (Lipinski definition) is 2. The van der Waals surface area contributed by atoms with Gasteiger partial charge in [-0.05, 0) is 36.8 Å². The molecule has 1 aliphatic heterocycles. The van der Waals surface area contributed by atoms with E-state index in [1.165, 1.54) is 23.5 Å². The highest BCUT2D eigenvalue weighted by Gasteiger charge is 2.20.